The summed E-state index contributed by atoms with van der Waals surface area (Å²) in [4.78, 5) is 26.1. The van der Waals surface area contributed by atoms with Crippen LogP contribution in [0.4, 0.5) is 23.0 Å². The summed E-state index contributed by atoms with van der Waals surface area (Å²) in [6.07, 6.45) is 3.85. The van der Waals surface area contributed by atoms with E-state index < -0.39 is 0 Å². The minimum atomic E-state index is 0.543. The van der Waals surface area contributed by atoms with Gasteiger partial charge in [-0.05, 0) is 42.5 Å². The van der Waals surface area contributed by atoms with E-state index in [1.807, 2.05) is 48.5 Å². The Labute approximate surface area is 187 Å². The van der Waals surface area contributed by atoms with Gasteiger partial charge in [-0.1, -0.05) is 35.9 Å². The maximum Gasteiger partial charge on any atom is 0.219 e. The SMILES string of the molecule is O=CN(c1ccc(-c2n[nH]c3ncnc(Nc4cccc(Cl)c4)c23)cc1)c1ccccn1. The Morgan fingerprint density at radius 2 is 1.84 bits per heavy atom. The molecule has 0 saturated carbocycles. The van der Waals surface area contributed by atoms with Gasteiger partial charge in [0.1, 0.15) is 23.7 Å². The van der Waals surface area contributed by atoms with Crippen molar-refractivity contribution in [3.63, 3.8) is 0 Å². The van der Waals surface area contributed by atoms with Crippen molar-refractivity contribution in [1.29, 1.82) is 0 Å². The van der Waals surface area contributed by atoms with Crippen LogP contribution in [0.2, 0.25) is 5.02 Å². The highest BCUT2D eigenvalue weighted by atomic mass is 35.5. The van der Waals surface area contributed by atoms with Gasteiger partial charge in [-0.25, -0.2) is 15.0 Å². The fourth-order valence-electron chi connectivity index (χ4n) is 3.39. The van der Waals surface area contributed by atoms with Crippen LogP contribution in [0.1, 0.15) is 0 Å². The third-order valence-electron chi connectivity index (χ3n) is 4.87. The average molecular weight is 442 g/mol. The fraction of sp³-hybridized carbons (Fsp3) is 0. The van der Waals surface area contributed by atoms with Crippen molar-refractivity contribution in [2.75, 3.05) is 10.2 Å². The Morgan fingerprint density at radius 1 is 0.969 bits per heavy atom. The topological polar surface area (TPSA) is 99.7 Å². The number of hydrogen-bond acceptors (Lipinski definition) is 6. The summed E-state index contributed by atoms with van der Waals surface area (Å²) in [7, 11) is 0. The molecule has 0 fully saturated rings. The lowest BCUT2D eigenvalue weighted by molar-refractivity contribution is -0.106. The Bertz CT molecular complexity index is 1390. The van der Waals surface area contributed by atoms with Crippen molar-refractivity contribution in [3.8, 4) is 11.3 Å². The Hall–Kier alpha value is -4.30. The van der Waals surface area contributed by atoms with Crippen LogP contribution in [0.5, 0.6) is 0 Å². The number of fused-ring (bicyclic) bond motifs is 1. The number of nitrogens with one attached hydrogen (secondary N) is 2. The van der Waals surface area contributed by atoms with Crippen molar-refractivity contribution in [3.05, 3.63) is 84.3 Å². The van der Waals surface area contributed by atoms with E-state index in [-0.39, 0.29) is 0 Å². The standard InChI is InChI=1S/C23H16ClN7O/c24-16-4-3-5-17(12-16)28-22-20-21(29-30-23(20)27-13-26-22)15-7-9-18(10-8-15)31(14-32)19-6-1-2-11-25-19/h1-14H,(H2,26,27,28,29,30). The first-order chi connectivity index (χ1) is 15.7. The monoisotopic (exact) mass is 441 g/mol. The first kappa shape index (κ1) is 19.7. The maximum atomic E-state index is 11.7. The number of H-pyrrole nitrogens is 1. The van der Waals surface area contributed by atoms with E-state index in [0.717, 1.165) is 23.0 Å². The van der Waals surface area contributed by atoms with Crippen LogP contribution >= 0.6 is 11.6 Å². The van der Waals surface area contributed by atoms with E-state index in [4.69, 9.17) is 11.6 Å². The van der Waals surface area contributed by atoms with Crippen LogP contribution in [-0.4, -0.2) is 31.6 Å². The highest BCUT2D eigenvalue weighted by Gasteiger charge is 2.16. The van der Waals surface area contributed by atoms with E-state index in [9.17, 15) is 4.79 Å². The second kappa shape index (κ2) is 8.44. The van der Waals surface area contributed by atoms with Gasteiger partial charge in [-0.3, -0.25) is 14.8 Å². The van der Waals surface area contributed by atoms with Gasteiger partial charge in [0.25, 0.3) is 0 Å². The Kier molecular flexibility index (Phi) is 5.19. The fourth-order valence-corrected chi connectivity index (χ4v) is 3.58. The van der Waals surface area contributed by atoms with Crippen LogP contribution in [0.15, 0.2) is 79.3 Å². The third kappa shape index (κ3) is 3.75. The summed E-state index contributed by atoms with van der Waals surface area (Å²) in [5.74, 6) is 1.15. The van der Waals surface area contributed by atoms with Gasteiger partial charge < -0.3 is 5.32 Å². The first-order valence-electron chi connectivity index (χ1n) is 9.70. The predicted molar refractivity (Wildman–Crippen MR) is 124 cm³/mol. The van der Waals surface area contributed by atoms with Crippen LogP contribution in [0.25, 0.3) is 22.3 Å². The molecule has 1 amide bonds. The molecule has 0 aliphatic rings. The number of carbonyl (C=O) groups excluding carboxylic acids is 1. The molecule has 156 valence electrons. The van der Waals surface area contributed by atoms with E-state index in [1.54, 1.807) is 24.4 Å². The minimum Gasteiger partial charge on any atom is -0.339 e. The molecule has 8 nitrogen and oxygen atoms in total. The van der Waals surface area contributed by atoms with Gasteiger partial charge in [-0.15, -0.1) is 0 Å². The molecule has 0 unspecified atom stereocenters. The molecular weight excluding hydrogens is 426 g/mol. The lowest BCUT2D eigenvalue weighted by atomic mass is 10.1. The lowest BCUT2D eigenvalue weighted by Gasteiger charge is -2.16. The molecule has 32 heavy (non-hydrogen) atoms. The van der Waals surface area contributed by atoms with Crippen molar-refractivity contribution >= 4 is 52.1 Å². The molecule has 3 heterocycles. The molecule has 2 N–H and O–H groups in total. The molecule has 5 aromatic rings. The number of pyridine rings is 1. The van der Waals surface area contributed by atoms with Crippen molar-refractivity contribution in [2.45, 2.75) is 0 Å². The number of aromatic nitrogens is 5. The highest BCUT2D eigenvalue weighted by Crippen LogP contribution is 2.33. The summed E-state index contributed by atoms with van der Waals surface area (Å²) in [6, 6.07) is 20.2. The minimum absolute atomic E-state index is 0.543. The second-order valence-corrected chi connectivity index (χ2v) is 7.30. The number of amides is 1. The van der Waals surface area contributed by atoms with Crippen LogP contribution < -0.4 is 10.2 Å². The number of halogens is 1. The van der Waals surface area contributed by atoms with Crippen LogP contribution in [0, 0.1) is 0 Å². The molecule has 9 heteroatoms. The Morgan fingerprint density at radius 3 is 2.59 bits per heavy atom. The molecular formula is C23H16ClN7O. The normalized spacial score (nSPS) is 10.8. The zero-order valence-electron chi connectivity index (χ0n) is 16.6. The number of benzene rings is 2. The summed E-state index contributed by atoms with van der Waals surface area (Å²) in [5, 5.41) is 12.1. The van der Waals surface area contributed by atoms with Gasteiger partial charge in [0.05, 0.1) is 11.1 Å². The maximum absolute atomic E-state index is 11.7. The summed E-state index contributed by atoms with van der Waals surface area (Å²) >= 11 is 6.11. The van der Waals surface area contributed by atoms with E-state index in [2.05, 4.69) is 30.5 Å². The first-order valence-corrected chi connectivity index (χ1v) is 10.1. The van der Waals surface area contributed by atoms with Gasteiger partial charge in [-0.2, -0.15) is 5.10 Å². The van der Waals surface area contributed by atoms with Gasteiger partial charge in [0.15, 0.2) is 5.65 Å². The van der Waals surface area contributed by atoms with Crippen LogP contribution in [-0.2, 0) is 4.79 Å². The van der Waals surface area contributed by atoms with Crippen LogP contribution in [0.3, 0.4) is 0 Å². The summed E-state index contributed by atoms with van der Waals surface area (Å²) in [6.45, 7) is 0. The largest absolute Gasteiger partial charge is 0.339 e. The van der Waals surface area contributed by atoms with E-state index in [0.29, 0.717) is 33.7 Å². The third-order valence-corrected chi connectivity index (χ3v) is 5.10. The molecule has 0 aliphatic carbocycles. The van der Waals surface area contributed by atoms with Crippen molar-refractivity contribution in [2.24, 2.45) is 0 Å². The summed E-state index contributed by atoms with van der Waals surface area (Å²) < 4.78 is 0. The number of hydrogen-bond donors (Lipinski definition) is 2. The molecule has 0 spiro atoms. The smallest absolute Gasteiger partial charge is 0.219 e. The van der Waals surface area contributed by atoms with Crippen molar-refractivity contribution < 1.29 is 4.79 Å². The lowest BCUT2D eigenvalue weighted by Crippen LogP contribution is -2.15. The number of carbonyl (C=O) groups is 1. The average Bonchev–Trinajstić information content (AvgIpc) is 3.26. The van der Waals surface area contributed by atoms with Gasteiger partial charge in [0, 0.05) is 22.5 Å². The number of aromatic amines is 1. The van der Waals surface area contributed by atoms with Crippen molar-refractivity contribution in [1.82, 2.24) is 25.1 Å². The molecule has 0 aliphatic heterocycles. The molecule has 0 saturated heterocycles. The molecule has 0 atom stereocenters. The van der Waals surface area contributed by atoms with E-state index in [1.165, 1.54) is 11.2 Å². The molecule has 3 aromatic heterocycles. The number of anilines is 4. The number of rotatable bonds is 6. The van der Waals surface area contributed by atoms with Gasteiger partial charge >= 0.3 is 0 Å². The quantitative estimate of drug-likeness (QED) is 0.355. The summed E-state index contributed by atoms with van der Waals surface area (Å²) in [5.41, 5.74) is 3.63. The van der Waals surface area contributed by atoms with Gasteiger partial charge in [0.2, 0.25) is 6.41 Å². The molecule has 5 rings (SSSR count). The molecule has 0 radical (unpaired) electrons. The van der Waals surface area contributed by atoms with E-state index >= 15 is 0 Å². The Balaban J connectivity index is 1.52. The molecule has 0 bridgehead atoms. The zero-order chi connectivity index (χ0) is 21.9. The molecule has 2 aromatic carbocycles. The highest BCUT2D eigenvalue weighted by molar-refractivity contribution is 6.30. The second-order valence-electron chi connectivity index (χ2n) is 6.86. The zero-order valence-corrected chi connectivity index (χ0v) is 17.4. The number of nitrogens with zero attached hydrogens (tertiary/aromatic N) is 5. The predicted octanol–water partition coefficient (Wildman–Crippen LogP) is 5.11.